The molecule has 24 heavy (non-hydrogen) atoms. The van der Waals surface area contributed by atoms with Crippen LogP contribution in [0.15, 0.2) is 58.1 Å². The number of nitrogens with zero attached hydrogens (tertiary/aromatic N) is 3. The first kappa shape index (κ1) is 15.9. The van der Waals surface area contributed by atoms with Gasteiger partial charge in [-0.25, -0.2) is 0 Å². The van der Waals surface area contributed by atoms with Crippen LogP contribution in [-0.4, -0.2) is 33.9 Å². The van der Waals surface area contributed by atoms with Crippen molar-refractivity contribution in [1.82, 2.24) is 14.9 Å². The molecule has 3 aromatic rings. The summed E-state index contributed by atoms with van der Waals surface area (Å²) in [4.78, 5) is 34.5. The van der Waals surface area contributed by atoms with Crippen molar-refractivity contribution in [1.29, 1.82) is 0 Å². The maximum absolute atomic E-state index is 12.6. The number of rotatable bonds is 4. The number of likely N-dealkylation sites (N-methyl/N-ethyl adjacent to an activating group) is 1. The van der Waals surface area contributed by atoms with E-state index >= 15 is 0 Å². The second kappa shape index (κ2) is 6.62. The molecule has 0 aliphatic rings. The standard InChI is InChI=1S/C18H17N3O3/c1-12(9-13-11-19-7-8-20-13)21(2)18(23)17-10-15(22)14-5-3-4-6-16(14)24-17/h3-8,10-12H,9H2,1-2H3/t12-/m0/s1. The highest BCUT2D eigenvalue weighted by Gasteiger charge is 2.21. The Morgan fingerprint density at radius 3 is 2.83 bits per heavy atom. The number of benzene rings is 1. The molecule has 0 bridgehead atoms. The summed E-state index contributed by atoms with van der Waals surface area (Å²) in [6, 6.07) is 8.00. The van der Waals surface area contributed by atoms with Gasteiger partial charge in [-0.3, -0.25) is 19.6 Å². The minimum Gasteiger partial charge on any atom is -0.451 e. The van der Waals surface area contributed by atoms with E-state index in [9.17, 15) is 9.59 Å². The Labute approximate surface area is 138 Å². The molecule has 1 amide bonds. The Balaban J connectivity index is 1.84. The molecule has 0 spiro atoms. The predicted octanol–water partition coefficient (Wildman–Crippen LogP) is 2.29. The van der Waals surface area contributed by atoms with Crippen molar-refractivity contribution in [3.05, 3.63) is 70.6 Å². The van der Waals surface area contributed by atoms with Gasteiger partial charge in [0.15, 0.2) is 11.2 Å². The molecule has 0 saturated heterocycles. The molecule has 6 heteroatoms. The lowest BCUT2D eigenvalue weighted by Gasteiger charge is -2.24. The fourth-order valence-corrected chi connectivity index (χ4v) is 2.46. The quantitative estimate of drug-likeness (QED) is 0.736. The molecule has 1 aromatic carbocycles. The third-order valence-electron chi connectivity index (χ3n) is 3.95. The summed E-state index contributed by atoms with van der Waals surface area (Å²) in [6.07, 6.45) is 5.46. The van der Waals surface area contributed by atoms with Gasteiger partial charge in [0.05, 0.1) is 11.1 Å². The zero-order chi connectivity index (χ0) is 17.1. The molecule has 0 fully saturated rings. The van der Waals surface area contributed by atoms with Crippen molar-refractivity contribution in [2.24, 2.45) is 0 Å². The van der Waals surface area contributed by atoms with Crippen molar-refractivity contribution in [3.8, 4) is 0 Å². The lowest BCUT2D eigenvalue weighted by atomic mass is 10.1. The van der Waals surface area contributed by atoms with E-state index in [1.165, 1.54) is 6.07 Å². The number of carbonyl (C=O) groups excluding carboxylic acids is 1. The van der Waals surface area contributed by atoms with Crippen molar-refractivity contribution in [2.45, 2.75) is 19.4 Å². The van der Waals surface area contributed by atoms with Gasteiger partial charge in [0.2, 0.25) is 0 Å². The lowest BCUT2D eigenvalue weighted by Crippen LogP contribution is -2.37. The first-order valence-electron chi connectivity index (χ1n) is 7.61. The Bertz CT molecular complexity index is 921. The van der Waals surface area contributed by atoms with E-state index in [0.29, 0.717) is 17.4 Å². The van der Waals surface area contributed by atoms with Crippen LogP contribution >= 0.6 is 0 Å². The van der Waals surface area contributed by atoms with Gasteiger partial charge in [-0.15, -0.1) is 0 Å². The van der Waals surface area contributed by atoms with Crippen LogP contribution in [0.2, 0.25) is 0 Å². The third-order valence-corrected chi connectivity index (χ3v) is 3.95. The summed E-state index contributed by atoms with van der Waals surface area (Å²) in [5.41, 5.74) is 0.975. The molecule has 0 N–H and O–H groups in total. The van der Waals surface area contributed by atoms with Crippen molar-refractivity contribution < 1.29 is 9.21 Å². The normalized spacial score (nSPS) is 12.1. The Morgan fingerprint density at radius 1 is 1.29 bits per heavy atom. The highest BCUT2D eigenvalue weighted by Crippen LogP contribution is 2.14. The fraction of sp³-hybridized carbons (Fsp3) is 0.222. The van der Waals surface area contributed by atoms with E-state index < -0.39 is 0 Å². The zero-order valence-corrected chi connectivity index (χ0v) is 13.5. The van der Waals surface area contributed by atoms with Crippen molar-refractivity contribution in [2.75, 3.05) is 7.05 Å². The maximum atomic E-state index is 12.6. The van der Waals surface area contributed by atoms with E-state index in [1.54, 1.807) is 54.8 Å². The largest absolute Gasteiger partial charge is 0.451 e. The van der Waals surface area contributed by atoms with E-state index in [2.05, 4.69) is 9.97 Å². The average molecular weight is 323 g/mol. The van der Waals surface area contributed by atoms with Crippen LogP contribution in [0, 0.1) is 0 Å². The molecule has 0 radical (unpaired) electrons. The zero-order valence-electron chi connectivity index (χ0n) is 13.5. The second-order valence-electron chi connectivity index (χ2n) is 5.64. The highest BCUT2D eigenvalue weighted by molar-refractivity contribution is 5.93. The Kier molecular flexibility index (Phi) is 4.37. The Hall–Kier alpha value is -3.02. The van der Waals surface area contributed by atoms with Gasteiger partial charge < -0.3 is 9.32 Å². The van der Waals surface area contributed by atoms with Crippen LogP contribution in [0.5, 0.6) is 0 Å². The number of amides is 1. The molecule has 0 unspecified atom stereocenters. The number of hydrogen-bond acceptors (Lipinski definition) is 5. The maximum Gasteiger partial charge on any atom is 0.289 e. The minimum absolute atomic E-state index is 0.0344. The summed E-state index contributed by atoms with van der Waals surface area (Å²) in [7, 11) is 1.68. The summed E-state index contributed by atoms with van der Waals surface area (Å²) in [6.45, 7) is 1.91. The van der Waals surface area contributed by atoms with Crippen LogP contribution in [0.4, 0.5) is 0 Å². The van der Waals surface area contributed by atoms with Gasteiger partial charge in [-0.1, -0.05) is 12.1 Å². The van der Waals surface area contributed by atoms with Crippen molar-refractivity contribution in [3.63, 3.8) is 0 Å². The number of hydrogen-bond donors (Lipinski definition) is 0. The van der Waals surface area contributed by atoms with Gasteiger partial charge in [0.1, 0.15) is 5.58 Å². The van der Waals surface area contributed by atoms with Crippen LogP contribution in [0.1, 0.15) is 23.2 Å². The molecular formula is C18H17N3O3. The summed E-state index contributed by atoms with van der Waals surface area (Å²) < 4.78 is 5.61. The van der Waals surface area contributed by atoms with E-state index in [-0.39, 0.29) is 23.1 Å². The topological polar surface area (TPSA) is 76.3 Å². The molecule has 1 atom stereocenters. The van der Waals surface area contributed by atoms with E-state index in [1.807, 2.05) is 6.92 Å². The van der Waals surface area contributed by atoms with Crippen molar-refractivity contribution >= 4 is 16.9 Å². The smallest absolute Gasteiger partial charge is 0.289 e. The molecule has 0 aliphatic heterocycles. The van der Waals surface area contributed by atoms with Gasteiger partial charge in [-0.2, -0.15) is 0 Å². The molecule has 3 rings (SSSR count). The fourth-order valence-electron chi connectivity index (χ4n) is 2.46. The molecule has 2 aromatic heterocycles. The van der Waals surface area contributed by atoms with E-state index in [0.717, 1.165) is 5.69 Å². The van der Waals surface area contributed by atoms with Crippen LogP contribution in [0.25, 0.3) is 11.0 Å². The number of aromatic nitrogens is 2. The molecule has 122 valence electrons. The van der Waals surface area contributed by atoms with Gasteiger partial charge in [-0.05, 0) is 19.1 Å². The minimum atomic E-state index is -0.339. The second-order valence-corrected chi connectivity index (χ2v) is 5.64. The first-order chi connectivity index (χ1) is 11.6. The molecule has 2 heterocycles. The van der Waals surface area contributed by atoms with Crippen LogP contribution in [-0.2, 0) is 6.42 Å². The predicted molar refractivity (Wildman–Crippen MR) is 89.8 cm³/mol. The number of para-hydroxylation sites is 1. The van der Waals surface area contributed by atoms with Crippen LogP contribution < -0.4 is 5.43 Å². The highest BCUT2D eigenvalue weighted by atomic mass is 16.3. The number of carbonyl (C=O) groups is 1. The Morgan fingerprint density at radius 2 is 2.08 bits per heavy atom. The molecular weight excluding hydrogens is 306 g/mol. The SMILES string of the molecule is C[C@@H](Cc1cnccn1)N(C)C(=O)c1cc(=O)c2ccccc2o1. The monoisotopic (exact) mass is 323 g/mol. The number of fused-ring (bicyclic) bond motifs is 1. The van der Waals surface area contributed by atoms with E-state index in [4.69, 9.17) is 4.42 Å². The molecule has 0 saturated carbocycles. The van der Waals surface area contributed by atoms with Gasteiger partial charge >= 0.3 is 0 Å². The summed E-state index contributed by atoms with van der Waals surface area (Å²) in [5.74, 6) is -0.304. The van der Waals surface area contributed by atoms with Gasteiger partial charge in [0.25, 0.3) is 5.91 Å². The molecule has 6 nitrogen and oxygen atoms in total. The average Bonchev–Trinajstić information content (AvgIpc) is 2.61. The van der Waals surface area contributed by atoms with Gasteiger partial charge in [0, 0.05) is 44.2 Å². The lowest BCUT2D eigenvalue weighted by molar-refractivity contribution is 0.0711. The summed E-state index contributed by atoms with van der Waals surface area (Å²) in [5, 5.41) is 0.462. The molecule has 0 aliphatic carbocycles. The van der Waals surface area contributed by atoms with Crippen LogP contribution in [0.3, 0.4) is 0 Å². The first-order valence-corrected chi connectivity index (χ1v) is 7.61. The summed E-state index contributed by atoms with van der Waals surface area (Å²) >= 11 is 0. The third kappa shape index (κ3) is 3.17.